The van der Waals surface area contributed by atoms with Gasteiger partial charge in [0.1, 0.15) is 0 Å². The molecule has 0 atom stereocenters. The minimum Gasteiger partial charge on any atom is -0.395 e. The first-order valence-electron chi connectivity index (χ1n) is 2.15. The van der Waals surface area contributed by atoms with Crippen molar-refractivity contribution in [2.45, 2.75) is 0 Å². The quantitative estimate of drug-likeness (QED) is 0.490. The summed E-state index contributed by atoms with van der Waals surface area (Å²) in [5, 5.41) is 11.5. The highest BCUT2D eigenvalue weighted by Crippen LogP contribution is 1.58. The average Bonchev–Trinajstić information content (AvgIpc) is 1.83. The van der Waals surface area contributed by atoms with E-state index in [1.54, 1.807) is 0 Å². The second kappa shape index (κ2) is 4.67. The van der Waals surface area contributed by atoms with E-state index in [1.165, 1.54) is 0 Å². The van der Waals surface area contributed by atoms with Gasteiger partial charge in [0.15, 0.2) is 0 Å². The van der Waals surface area contributed by atoms with Crippen LogP contribution in [0.2, 0.25) is 0 Å². The monoisotopic (exact) mass is 133 g/mol. The number of carbonyl (C=O) groups excluding carboxylic acids is 1. The van der Waals surface area contributed by atoms with Gasteiger partial charge in [0.25, 0.3) is 5.91 Å². The van der Waals surface area contributed by atoms with Gasteiger partial charge in [0.05, 0.1) is 12.0 Å². The predicted molar refractivity (Wildman–Crippen MR) is 33.8 cm³/mol. The van der Waals surface area contributed by atoms with Gasteiger partial charge in [-0.3, -0.25) is 4.79 Å². The molecule has 0 aromatic carbocycles. The zero-order valence-corrected chi connectivity index (χ0v) is 5.07. The molecule has 0 heterocycles. The van der Waals surface area contributed by atoms with Gasteiger partial charge in [-0.15, -0.1) is 0 Å². The van der Waals surface area contributed by atoms with Crippen LogP contribution in [0.4, 0.5) is 0 Å². The molecule has 2 N–H and O–H groups in total. The van der Waals surface area contributed by atoms with Crippen molar-refractivity contribution < 1.29 is 9.90 Å². The molecule has 0 bridgehead atoms. The van der Waals surface area contributed by atoms with Crippen molar-refractivity contribution in [3.8, 4) is 0 Å². The topological polar surface area (TPSA) is 49.3 Å². The first-order chi connectivity index (χ1) is 3.81. The number of rotatable bonds is 3. The first-order valence-corrected chi connectivity index (χ1v) is 2.62. The van der Waals surface area contributed by atoms with Crippen LogP contribution in [-0.4, -0.2) is 29.5 Å². The second-order valence-corrected chi connectivity index (χ2v) is 1.37. The molecule has 0 saturated carbocycles. The molecule has 0 radical (unpaired) electrons. The standard InChI is InChI=1S/C4H7NO2S/c6-2-1-5-4(7)3-8/h3,6H,1-2H2,(H,5,7). The molecule has 46 valence electrons. The summed E-state index contributed by atoms with van der Waals surface area (Å²) >= 11 is 4.27. The van der Waals surface area contributed by atoms with Gasteiger partial charge in [-0.25, -0.2) is 0 Å². The van der Waals surface area contributed by atoms with Gasteiger partial charge in [0.2, 0.25) is 0 Å². The van der Waals surface area contributed by atoms with Gasteiger partial charge in [-0.2, -0.15) is 0 Å². The normalized spacial score (nSPS) is 8.12. The molecule has 8 heavy (non-hydrogen) atoms. The Balaban J connectivity index is 3.11. The van der Waals surface area contributed by atoms with Crippen LogP contribution < -0.4 is 5.32 Å². The Hall–Kier alpha value is -0.480. The molecule has 0 rings (SSSR count). The smallest absolute Gasteiger partial charge is 0.254 e. The highest BCUT2D eigenvalue weighted by molar-refractivity contribution is 7.80. The summed E-state index contributed by atoms with van der Waals surface area (Å²) in [4.78, 5) is 10.2. The molecule has 0 saturated heterocycles. The fourth-order valence-corrected chi connectivity index (χ4v) is 0.304. The third kappa shape index (κ3) is 3.70. The summed E-state index contributed by atoms with van der Waals surface area (Å²) < 4.78 is 0. The number of aliphatic hydroxyl groups excluding tert-OH is 1. The summed E-state index contributed by atoms with van der Waals surface area (Å²) in [7, 11) is 0. The van der Waals surface area contributed by atoms with Gasteiger partial charge >= 0.3 is 0 Å². The lowest BCUT2D eigenvalue weighted by Gasteiger charge is -1.93. The molecule has 1 amide bonds. The van der Waals surface area contributed by atoms with E-state index in [-0.39, 0.29) is 19.1 Å². The number of hydrogen-bond donors (Lipinski definition) is 2. The zero-order valence-electron chi connectivity index (χ0n) is 4.26. The fraction of sp³-hybridized carbons (Fsp3) is 0.500. The highest BCUT2D eigenvalue weighted by Gasteiger charge is 1.88. The van der Waals surface area contributed by atoms with Gasteiger partial charge in [-0.1, -0.05) is 12.2 Å². The molecule has 0 aromatic rings. The van der Waals surface area contributed by atoms with Gasteiger partial charge in [0, 0.05) is 6.54 Å². The zero-order chi connectivity index (χ0) is 6.41. The summed E-state index contributed by atoms with van der Waals surface area (Å²) in [5.74, 6) is -0.325. The maximum absolute atomic E-state index is 10.2. The van der Waals surface area contributed by atoms with Crippen LogP contribution in [0.5, 0.6) is 0 Å². The van der Waals surface area contributed by atoms with Crippen molar-refractivity contribution in [2.75, 3.05) is 13.2 Å². The summed E-state index contributed by atoms with van der Waals surface area (Å²) in [6, 6.07) is 0. The fourth-order valence-electron chi connectivity index (χ4n) is 0.221. The minimum absolute atomic E-state index is 0.0467. The van der Waals surface area contributed by atoms with E-state index in [4.69, 9.17) is 5.11 Å². The Labute approximate surface area is 52.7 Å². The lowest BCUT2D eigenvalue weighted by atomic mass is 10.6. The van der Waals surface area contributed by atoms with Crippen LogP contribution in [0, 0.1) is 0 Å². The predicted octanol–water partition coefficient (Wildman–Crippen LogP) is -0.905. The number of thiocarbonyl (C=S) groups is 1. The molecule has 4 heteroatoms. The van der Waals surface area contributed by atoms with E-state index >= 15 is 0 Å². The lowest BCUT2D eigenvalue weighted by Crippen LogP contribution is -2.26. The van der Waals surface area contributed by atoms with Crippen molar-refractivity contribution >= 4 is 23.5 Å². The molecule has 0 spiro atoms. The molecule has 0 aliphatic heterocycles. The molecule has 0 aromatic heterocycles. The summed E-state index contributed by atoms with van der Waals surface area (Å²) in [6.45, 7) is 0.223. The number of hydrogen-bond acceptors (Lipinski definition) is 3. The van der Waals surface area contributed by atoms with Crippen molar-refractivity contribution in [3.05, 3.63) is 0 Å². The van der Waals surface area contributed by atoms with E-state index in [0.717, 1.165) is 5.37 Å². The maximum Gasteiger partial charge on any atom is 0.254 e. The van der Waals surface area contributed by atoms with Crippen molar-refractivity contribution in [1.29, 1.82) is 0 Å². The third-order valence-corrected chi connectivity index (χ3v) is 0.732. The molecular weight excluding hydrogens is 126 g/mol. The van der Waals surface area contributed by atoms with Gasteiger partial charge < -0.3 is 10.4 Å². The van der Waals surface area contributed by atoms with E-state index in [2.05, 4.69) is 17.5 Å². The number of carbonyl (C=O) groups is 1. The van der Waals surface area contributed by atoms with E-state index in [9.17, 15) is 4.79 Å². The third-order valence-electron chi connectivity index (χ3n) is 0.518. The highest BCUT2D eigenvalue weighted by atomic mass is 32.1. The molecule has 3 nitrogen and oxygen atoms in total. The first kappa shape index (κ1) is 7.52. The number of nitrogens with one attached hydrogen (secondary N) is 1. The maximum atomic E-state index is 10.2. The number of amides is 1. The minimum atomic E-state index is -0.325. The number of aliphatic hydroxyl groups is 1. The van der Waals surface area contributed by atoms with Crippen molar-refractivity contribution in [2.24, 2.45) is 0 Å². The Kier molecular flexibility index (Phi) is 4.39. The second-order valence-electron chi connectivity index (χ2n) is 1.13. The SMILES string of the molecule is O=C(C=S)NCCO. The molecule has 0 aliphatic rings. The lowest BCUT2D eigenvalue weighted by molar-refractivity contribution is -0.114. The van der Waals surface area contributed by atoms with Crippen LogP contribution in [0.1, 0.15) is 0 Å². The molecule has 0 fully saturated rings. The van der Waals surface area contributed by atoms with Crippen LogP contribution >= 0.6 is 12.2 Å². The Morgan fingerprint density at radius 3 is 2.88 bits per heavy atom. The van der Waals surface area contributed by atoms with Crippen LogP contribution in [0.3, 0.4) is 0 Å². The Morgan fingerprint density at radius 2 is 2.50 bits per heavy atom. The average molecular weight is 133 g/mol. The Bertz CT molecular complexity index is 94.0. The van der Waals surface area contributed by atoms with Gasteiger partial charge in [-0.05, 0) is 0 Å². The summed E-state index contributed by atoms with van der Waals surface area (Å²) in [5.41, 5.74) is 0. The summed E-state index contributed by atoms with van der Waals surface area (Å²) in [6.07, 6.45) is 0. The van der Waals surface area contributed by atoms with E-state index in [1.807, 2.05) is 0 Å². The Morgan fingerprint density at radius 1 is 1.88 bits per heavy atom. The van der Waals surface area contributed by atoms with Crippen molar-refractivity contribution in [1.82, 2.24) is 5.32 Å². The van der Waals surface area contributed by atoms with E-state index in [0.29, 0.717) is 0 Å². The van der Waals surface area contributed by atoms with Crippen LogP contribution in [0.15, 0.2) is 0 Å². The largest absolute Gasteiger partial charge is 0.395 e. The van der Waals surface area contributed by atoms with Crippen molar-refractivity contribution in [3.63, 3.8) is 0 Å². The van der Waals surface area contributed by atoms with E-state index < -0.39 is 0 Å². The molecule has 0 unspecified atom stereocenters. The van der Waals surface area contributed by atoms with Crippen LogP contribution in [0.25, 0.3) is 0 Å². The molecule has 0 aliphatic carbocycles. The van der Waals surface area contributed by atoms with Crippen LogP contribution in [-0.2, 0) is 4.79 Å². The molecular formula is C4H7NO2S.